The smallest absolute Gasteiger partial charge is 0.251 e. The molecule has 1 aromatic carbocycles. The maximum Gasteiger partial charge on any atom is 0.251 e. The number of amides is 2. The third-order valence-electron chi connectivity index (χ3n) is 4.69. The van der Waals surface area contributed by atoms with Crippen LogP contribution in [0, 0.1) is 5.92 Å². The number of carbonyl (C=O) groups is 2. The maximum absolute atomic E-state index is 12.2. The Hall–Kier alpha value is -1.96. The van der Waals surface area contributed by atoms with Gasteiger partial charge in [-0.25, -0.2) is 0 Å². The second-order valence-corrected chi connectivity index (χ2v) is 6.43. The number of rotatable bonds is 5. The van der Waals surface area contributed by atoms with E-state index in [4.69, 9.17) is 9.47 Å². The molecule has 2 N–H and O–H groups in total. The summed E-state index contributed by atoms with van der Waals surface area (Å²) in [6.45, 7) is 3.49. The molecule has 2 amide bonds. The molecule has 2 saturated heterocycles. The van der Waals surface area contributed by atoms with Crippen LogP contribution in [-0.2, 0) is 14.3 Å². The fourth-order valence-corrected chi connectivity index (χ4v) is 3.28. The molecule has 2 aliphatic heterocycles. The molecular weight excluding hydrogens is 322 g/mol. The Morgan fingerprint density at radius 3 is 2.36 bits per heavy atom. The lowest BCUT2D eigenvalue weighted by molar-refractivity contribution is -0.119. The van der Waals surface area contributed by atoms with Crippen molar-refractivity contribution in [3.8, 4) is 0 Å². The summed E-state index contributed by atoms with van der Waals surface area (Å²) in [7, 11) is 1.59. The van der Waals surface area contributed by atoms with Crippen LogP contribution < -0.4 is 10.6 Å². The quantitative estimate of drug-likeness (QED) is 0.833. The van der Waals surface area contributed by atoms with Crippen molar-refractivity contribution < 1.29 is 19.1 Å². The van der Waals surface area contributed by atoms with Crippen molar-refractivity contribution >= 4 is 17.5 Å². The van der Waals surface area contributed by atoms with Gasteiger partial charge in [-0.1, -0.05) is 0 Å². The lowest BCUT2D eigenvalue weighted by Crippen LogP contribution is -2.41. The molecule has 2 fully saturated rings. The van der Waals surface area contributed by atoms with Crippen LogP contribution in [0.1, 0.15) is 23.2 Å². The van der Waals surface area contributed by atoms with E-state index in [1.807, 2.05) is 0 Å². The van der Waals surface area contributed by atoms with Crippen molar-refractivity contribution in [3.05, 3.63) is 29.8 Å². The molecule has 0 saturated carbocycles. The van der Waals surface area contributed by atoms with E-state index in [-0.39, 0.29) is 18.1 Å². The Balaban J connectivity index is 1.43. The van der Waals surface area contributed by atoms with Crippen molar-refractivity contribution in [2.24, 2.45) is 5.92 Å². The molecule has 0 bridgehead atoms. The number of likely N-dealkylation sites (tertiary alicyclic amines) is 1. The highest BCUT2D eigenvalue weighted by atomic mass is 16.7. The van der Waals surface area contributed by atoms with Gasteiger partial charge in [-0.15, -0.1) is 0 Å². The van der Waals surface area contributed by atoms with E-state index in [1.165, 1.54) is 0 Å². The number of piperidine rings is 1. The minimum absolute atomic E-state index is 0.0421. The number of anilines is 1. The zero-order valence-corrected chi connectivity index (χ0v) is 14.5. The largest absolute Gasteiger partial charge is 0.355 e. The van der Waals surface area contributed by atoms with E-state index in [1.54, 1.807) is 31.3 Å². The van der Waals surface area contributed by atoms with Crippen LogP contribution in [0.15, 0.2) is 24.3 Å². The molecule has 0 radical (unpaired) electrons. The summed E-state index contributed by atoms with van der Waals surface area (Å²) in [5, 5.41) is 5.45. The van der Waals surface area contributed by atoms with Crippen LogP contribution in [0.2, 0.25) is 0 Å². The van der Waals surface area contributed by atoms with Crippen LogP contribution in [-0.4, -0.2) is 62.9 Å². The number of ether oxygens (including phenoxy) is 2. The summed E-state index contributed by atoms with van der Waals surface area (Å²) in [5.41, 5.74) is 1.26. The monoisotopic (exact) mass is 347 g/mol. The van der Waals surface area contributed by atoms with E-state index >= 15 is 0 Å². The van der Waals surface area contributed by atoms with Crippen molar-refractivity contribution in [1.29, 1.82) is 0 Å². The van der Waals surface area contributed by atoms with Gasteiger partial charge < -0.3 is 20.1 Å². The van der Waals surface area contributed by atoms with Gasteiger partial charge in [0.25, 0.3) is 5.91 Å². The van der Waals surface area contributed by atoms with Gasteiger partial charge in [-0.05, 0) is 50.2 Å². The summed E-state index contributed by atoms with van der Waals surface area (Å²) in [4.78, 5) is 25.9. The molecule has 0 aliphatic carbocycles. The van der Waals surface area contributed by atoms with Crippen LogP contribution in [0.5, 0.6) is 0 Å². The van der Waals surface area contributed by atoms with Gasteiger partial charge in [0.2, 0.25) is 5.91 Å². The van der Waals surface area contributed by atoms with Gasteiger partial charge >= 0.3 is 0 Å². The molecule has 0 atom stereocenters. The first-order chi connectivity index (χ1) is 12.2. The Labute approximate surface area is 147 Å². The Bertz CT molecular complexity index is 591. The predicted molar refractivity (Wildman–Crippen MR) is 93.3 cm³/mol. The first-order valence-corrected chi connectivity index (χ1v) is 8.73. The molecular formula is C18H25N3O4. The third-order valence-corrected chi connectivity index (χ3v) is 4.69. The highest BCUT2D eigenvalue weighted by molar-refractivity contribution is 5.96. The summed E-state index contributed by atoms with van der Waals surface area (Å²) < 4.78 is 11.1. The molecule has 136 valence electrons. The summed E-state index contributed by atoms with van der Waals surface area (Å²) in [6, 6.07) is 6.87. The number of carbonyl (C=O) groups excluding carboxylic acids is 2. The standard InChI is InChI=1S/C18H25N3O4/c1-19-17(23)13-2-4-15(5-3-13)20-16(22)12-21-8-6-14(7-9-21)18-24-10-11-25-18/h2-5,14,18H,6-12H2,1H3,(H,19,23)(H,20,22). The van der Waals surface area contributed by atoms with Crippen molar-refractivity contribution in [2.45, 2.75) is 19.1 Å². The van der Waals surface area contributed by atoms with Crippen molar-refractivity contribution in [1.82, 2.24) is 10.2 Å². The second kappa shape index (κ2) is 8.42. The maximum atomic E-state index is 12.2. The normalized spacial score (nSPS) is 19.7. The first-order valence-electron chi connectivity index (χ1n) is 8.73. The first kappa shape index (κ1) is 17.8. The summed E-state index contributed by atoms with van der Waals surface area (Å²) >= 11 is 0. The third kappa shape index (κ3) is 4.78. The van der Waals surface area contributed by atoms with Crippen molar-refractivity contribution in [3.63, 3.8) is 0 Å². The molecule has 1 aromatic rings. The number of nitrogens with one attached hydrogen (secondary N) is 2. The number of nitrogens with zero attached hydrogens (tertiary/aromatic N) is 1. The average molecular weight is 347 g/mol. The van der Waals surface area contributed by atoms with Gasteiger partial charge in [0.15, 0.2) is 6.29 Å². The minimum atomic E-state index is -0.143. The van der Waals surface area contributed by atoms with Gasteiger partial charge in [0.05, 0.1) is 19.8 Å². The van der Waals surface area contributed by atoms with Crippen LogP contribution >= 0.6 is 0 Å². The molecule has 0 unspecified atom stereocenters. The molecule has 2 aliphatic rings. The Morgan fingerprint density at radius 1 is 1.12 bits per heavy atom. The van der Waals surface area contributed by atoms with Gasteiger partial charge in [0.1, 0.15) is 0 Å². The lowest BCUT2D eigenvalue weighted by atomic mass is 9.96. The minimum Gasteiger partial charge on any atom is -0.355 e. The summed E-state index contributed by atoms with van der Waals surface area (Å²) in [6.07, 6.45) is 1.91. The molecule has 3 rings (SSSR count). The van der Waals surface area contributed by atoms with Gasteiger partial charge in [-0.2, -0.15) is 0 Å². The van der Waals surface area contributed by atoms with Gasteiger partial charge in [0, 0.05) is 24.2 Å². The lowest BCUT2D eigenvalue weighted by Gasteiger charge is -2.33. The average Bonchev–Trinajstić information content (AvgIpc) is 3.17. The molecule has 0 aromatic heterocycles. The topological polar surface area (TPSA) is 79.9 Å². The summed E-state index contributed by atoms with van der Waals surface area (Å²) in [5.74, 6) is 0.245. The molecule has 2 heterocycles. The predicted octanol–water partition coefficient (Wildman–Crippen LogP) is 1.07. The van der Waals surface area contributed by atoms with Crippen LogP contribution in [0.4, 0.5) is 5.69 Å². The molecule has 25 heavy (non-hydrogen) atoms. The number of hydrogen-bond donors (Lipinski definition) is 2. The molecule has 7 heteroatoms. The van der Waals surface area contributed by atoms with Gasteiger partial charge in [-0.3, -0.25) is 14.5 Å². The zero-order valence-electron chi connectivity index (χ0n) is 14.5. The highest BCUT2D eigenvalue weighted by Crippen LogP contribution is 2.25. The van der Waals surface area contributed by atoms with E-state index in [0.717, 1.165) is 25.9 Å². The Morgan fingerprint density at radius 2 is 1.76 bits per heavy atom. The van der Waals surface area contributed by atoms with Crippen LogP contribution in [0.25, 0.3) is 0 Å². The van der Waals surface area contributed by atoms with Crippen LogP contribution in [0.3, 0.4) is 0 Å². The van der Waals surface area contributed by atoms with Crippen molar-refractivity contribution in [2.75, 3.05) is 45.2 Å². The fraction of sp³-hybridized carbons (Fsp3) is 0.556. The molecule has 0 spiro atoms. The van der Waals surface area contributed by atoms with E-state index < -0.39 is 0 Å². The second-order valence-electron chi connectivity index (χ2n) is 6.43. The highest BCUT2D eigenvalue weighted by Gasteiger charge is 2.30. The molecule has 7 nitrogen and oxygen atoms in total. The zero-order chi connectivity index (χ0) is 17.6. The van der Waals surface area contributed by atoms with E-state index in [2.05, 4.69) is 15.5 Å². The number of hydrogen-bond acceptors (Lipinski definition) is 5. The fourth-order valence-electron chi connectivity index (χ4n) is 3.28. The van der Waals surface area contributed by atoms with E-state index in [9.17, 15) is 9.59 Å². The Kier molecular flexibility index (Phi) is 6.01. The number of benzene rings is 1. The SMILES string of the molecule is CNC(=O)c1ccc(NC(=O)CN2CCC(C3OCCO3)CC2)cc1. The van der Waals surface area contributed by atoms with E-state index in [0.29, 0.717) is 36.9 Å².